The van der Waals surface area contributed by atoms with E-state index in [9.17, 15) is 13.5 Å². The van der Waals surface area contributed by atoms with Crippen LogP contribution in [0.15, 0.2) is 52.4 Å². The number of rotatable bonds is 7. The van der Waals surface area contributed by atoms with Crippen molar-refractivity contribution in [2.75, 3.05) is 19.8 Å². The lowest BCUT2D eigenvalue weighted by atomic mass is 10.1. The second-order valence-corrected chi connectivity index (χ2v) is 8.48. The van der Waals surface area contributed by atoms with Gasteiger partial charge in [0.1, 0.15) is 5.75 Å². The van der Waals surface area contributed by atoms with Gasteiger partial charge in [-0.3, -0.25) is 4.99 Å². The van der Waals surface area contributed by atoms with Crippen LogP contribution >= 0.6 is 24.0 Å². The molecule has 0 atom stereocenters. The predicted molar refractivity (Wildman–Crippen MR) is 124 cm³/mol. The Labute approximate surface area is 184 Å². The molecule has 154 valence electrons. The third-order valence-corrected chi connectivity index (χ3v) is 5.45. The molecule has 0 aromatic heterocycles. The summed E-state index contributed by atoms with van der Waals surface area (Å²) in [5, 5.41) is 15.8. The van der Waals surface area contributed by atoms with Crippen LogP contribution in [0.5, 0.6) is 5.75 Å². The summed E-state index contributed by atoms with van der Waals surface area (Å²) in [5.74, 6) is 0.979. The van der Waals surface area contributed by atoms with Gasteiger partial charge in [0.25, 0.3) is 0 Å². The zero-order valence-electron chi connectivity index (χ0n) is 16.4. The van der Waals surface area contributed by atoms with Crippen LogP contribution in [0.4, 0.5) is 0 Å². The zero-order valence-corrected chi connectivity index (χ0v) is 19.5. The molecule has 8 heteroatoms. The third-order valence-electron chi connectivity index (χ3n) is 4.19. The molecule has 0 bridgehead atoms. The number of guanidine groups is 1. The van der Waals surface area contributed by atoms with Crippen molar-refractivity contribution in [3.63, 3.8) is 0 Å². The fourth-order valence-electron chi connectivity index (χ4n) is 2.81. The number of phenolic OH excluding ortho intramolecular Hbond substituents is 1. The fourth-order valence-corrected chi connectivity index (χ4v) is 3.76. The Balaban J connectivity index is 0.00000392. The number of aromatic hydroxyl groups is 1. The van der Waals surface area contributed by atoms with Crippen molar-refractivity contribution < 1.29 is 13.5 Å². The quantitative estimate of drug-likeness (QED) is 0.228. The van der Waals surface area contributed by atoms with Crippen LogP contribution in [0.2, 0.25) is 0 Å². The van der Waals surface area contributed by atoms with E-state index >= 15 is 0 Å². The van der Waals surface area contributed by atoms with Crippen molar-refractivity contribution in [3.8, 4) is 5.75 Å². The lowest BCUT2D eigenvalue weighted by molar-refractivity contribution is 0.475. The average Bonchev–Trinajstić information content (AvgIpc) is 2.61. The summed E-state index contributed by atoms with van der Waals surface area (Å²) in [5.41, 5.74) is 2.92. The summed E-state index contributed by atoms with van der Waals surface area (Å²) in [6.07, 6.45) is 3.07. The van der Waals surface area contributed by atoms with Crippen LogP contribution in [-0.4, -0.2) is 39.3 Å². The molecule has 0 radical (unpaired) electrons. The van der Waals surface area contributed by atoms with Gasteiger partial charge in [0.05, 0.1) is 4.90 Å². The highest BCUT2D eigenvalue weighted by molar-refractivity contribution is 14.0. The largest absolute Gasteiger partial charge is 0.508 e. The summed E-state index contributed by atoms with van der Waals surface area (Å²) in [7, 11) is -1.48. The van der Waals surface area contributed by atoms with Crippen LogP contribution in [0.1, 0.15) is 23.1 Å². The number of sulfone groups is 1. The summed E-state index contributed by atoms with van der Waals surface area (Å²) >= 11 is 0. The minimum atomic E-state index is -3.20. The molecule has 3 N–H and O–H groups in total. The van der Waals surface area contributed by atoms with Gasteiger partial charge in [0.15, 0.2) is 15.8 Å². The van der Waals surface area contributed by atoms with Gasteiger partial charge >= 0.3 is 0 Å². The highest BCUT2D eigenvalue weighted by atomic mass is 127. The topological polar surface area (TPSA) is 90.8 Å². The number of nitrogens with one attached hydrogen (secondary N) is 2. The zero-order chi connectivity index (χ0) is 19.9. The number of halogens is 1. The van der Waals surface area contributed by atoms with E-state index in [2.05, 4.69) is 15.6 Å². The SMILES string of the molecule is CN=C(NCCCc1ccc(O)cc1)NCc1ccc(S(C)(=O)=O)c(C)c1.I. The van der Waals surface area contributed by atoms with Gasteiger partial charge in [-0.25, -0.2) is 8.42 Å². The molecule has 0 saturated carbocycles. The van der Waals surface area contributed by atoms with E-state index in [1.54, 1.807) is 32.2 Å². The number of aliphatic imine (C=N–C) groups is 1. The van der Waals surface area contributed by atoms with Gasteiger partial charge in [-0.2, -0.15) is 0 Å². The van der Waals surface area contributed by atoms with Crippen molar-refractivity contribution in [3.05, 3.63) is 59.2 Å². The molecule has 6 nitrogen and oxygen atoms in total. The molecular formula is C20H28IN3O3S. The van der Waals surface area contributed by atoms with E-state index in [0.29, 0.717) is 17.4 Å². The Morgan fingerprint density at radius 1 is 1.07 bits per heavy atom. The van der Waals surface area contributed by atoms with Gasteiger partial charge in [0.2, 0.25) is 0 Å². The highest BCUT2D eigenvalue weighted by Gasteiger charge is 2.10. The summed E-state index contributed by atoms with van der Waals surface area (Å²) < 4.78 is 23.4. The maximum Gasteiger partial charge on any atom is 0.191 e. The Hall–Kier alpha value is -1.81. The third kappa shape index (κ3) is 7.67. The second kappa shape index (κ2) is 11.3. The molecule has 0 aliphatic heterocycles. The molecule has 2 aromatic rings. The molecule has 2 aromatic carbocycles. The maximum atomic E-state index is 11.7. The molecule has 0 unspecified atom stereocenters. The van der Waals surface area contributed by atoms with E-state index in [1.165, 1.54) is 11.8 Å². The lowest BCUT2D eigenvalue weighted by Crippen LogP contribution is -2.37. The van der Waals surface area contributed by atoms with E-state index in [1.807, 2.05) is 24.3 Å². The summed E-state index contributed by atoms with van der Waals surface area (Å²) in [4.78, 5) is 4.57. The van der Waals surface area contributed by atoms with Crippen molar-refractivity contribution in [2.45, 2.75) is 31.2 Å². The Morgan fingerprint density at radius 3 is 2.29 bits per heavy atom. The average molecular weight is 517 g/mol. The van der Waals surface area contributed by atoms with Gasteiger partial charge in [-0.1, -0.05) is 24.3 Å². The predicted octanol–water partition coefficient (Wildman–Crippen LogP) is 3.02. The standard InChI is InChI=1S/C20H27N3O3S.HI/c1-15-13-17(8-11-19(15)27(3,25)26)14-23-20(21-2)22-12-4-5-16-6-9-18(24)10-7-16;/h6-11,13,24H,4-5,12,14H2,1-3H3,(H2,21,22,23);1H. The molecular weight excluding hydrogens is 489 g/mol. The van der Waals surface area contributed by atoms with Crippen molar-refractivity contribution >= 4 is 39.8 Å². The van der Waals surface area contributed by atoms with Crippen LogP contribution in [-0.2, 0) is 22.8 Å². The summed E-state index contributed by atoms with van der Waals surface area (Å²) in [6, 6.07) is 12.6. The highest BCUT2D eigenvalue weighted by Crippen LogP contribution is 2.16. The van der Waals surface area contributed by atoms with E-state index < -0.39 is 9.84 Å². The van der Waals surface area contributed by atoms with Crippen molar-refractivity contribution in [2.24, 2.45) is 4.99 Å². The van der Waals surface area contributed by atoms with Crippen LogP contribution in [0.3, 0.4) is 0 Å². The maximum absolute atomic E-state index is 11.7. The minimum Gasteiger partial charge on any atom is -0.508 e. The van der Waals surface area contributed by atoms with Crippen LogP contribution in [0, 0.1) is 6.92 Å². The number of aryl methyl sites for hydroxylation is 2. The first-order chi connectivity index (χ1) is 12.8. The molecule has 0 fully saturated rings. The van der Waals surface area contributed by atoms with E-state index in [4.69, 9.17) is 0 Å². The Kier molecular flexibility index (Phi) is 9.74. The first-order valence-corrected chi connectivity index (χ1v) is 10.7. The summed E-state index contributed by atoms with van der Waals surface area (Å²) in [6.45, 7) is 3.13. The molecule has 0 aliphatic carbocycles. The normalized spacial score (nSPS) is 11.6. The molecule has 0 saturated heterocycles. The van der Waals surface area contributed by atoms with Gasteiger partial charge < -0.3 is 15.7 Å². The number of hydrogen-bond donors (Lipinski definition) is 3. The number of benzene rings is 2. The van der Waals surface area contributed by atoms with Crippen molar-refractivity contribution in [1.29, 1.82) is 0 Å². The lowest BCUT2D eigenvalue weighted by Gasteiger charge is -2.13. The van der Waals surface area contributed by atoms with E-state index in [0.717, 1.165) is 30.5 Å². The molecule has 0 heterocycles. The van der Waals surface area contributed by atoms with Gasteiger partial charge in [-0.15, -0.1) is 24.0 Å². The van der Waals surface area contributed by atoms with Crippen LogP contribution in [0.25, 0.3) is 0 Å². The first kappa shape index (κ1) is 24.2. The Morgan fingerprint density at radius 2 is 1.71 bits per heavy atom. The first-order valence-electron chi connectivity index (χ1n) is 8.81. The van der Waals surface area contributed by atoms with Crippen LogP contribution < -0.4 is 10.6 Å². The molecule has 2 rings (SSSR count). The number of phenols is 1. The minimum absolute atomic E-state index is 0. The Bertz CT molecular complexity index is 897. The molecule has 0 amide bonds. The van der Waals surface area contributed by atoms with Crippen molar-refractivity contribution in [1.82, 2.24) is 10.6 Å². The second-order valence-electron chi connectivity index (χ2n) is 6.49. The van der Waals surface area contributed by atoms with Gasteiger partial charge in [-0.05, 0) is 54.7 Å². The number of nitrogens with zero attached hydrogens (tertiary/aromatic N) is 1. The molecule has 0 spiro atoms. The number of hydrogen-bond acceptors (Lipinski definition) is 4. The smallest absolute Gasteiger partial charge is 0.191 e. The van der Waals surface area contributed by atoms with Gasteiger partial charge in [0, 0.05) is 26.4 Å². The van der Waals surface area contributed by atoms with E-state index in [-0.39, 0.29) is 29.7 Å². The fraction of sp³-hybridized carbons (Fsp3) is 0.350. The molecule has 0 aliphatic rings. The monoisotopic (exact) mass is 517 g/mol. The molecule has 28 heavy (non-hydrogen) atoms.